The molecule has 8 nitrogen and oxygen atoms in total. The molecule has 0 aromatic heterocycles. The lowest BCUT2D eigenvalue weighted by Crippen LogP contribution is -1.99. The second-order valence-electron chi connectivity index (χ2n) is 5.50. The highest BCUT2D eigenvalue weighted by Crippen LogP contribution is 2.42. The molecule has 4 N–H and O–H groups in total. The Morgan fingerprint density at radius 1 is 0.889 bits per heavy atom. The molecule has 0 unspecified atom stereocenters. The molecule has 0 aliphatic heterocycles. The molecule has 0 radical (unpaired) electrons. The summed E-state index contributed by atoms with van der Waals surface area (Å²) in [4.78, 5) is 18.0. The smallest absolute Gasteiger partial charge is 0.496 e. The van der Waals surface area contributed by atoms with Crippen molar-refractivity contribution in [3.05, 3.63) is 52.6 Å². The highest BCUT2D eigenvalue weighted by atomic mass is 31.2. The first-order chi connectivity index (χ1) is 12.8. The molecule has 0 heterocycles. The third-order valence-corrected chi connectivity index (χ3v) is 4.18. The van der Waals surface area contributed by atoms with Gasteiger partial charge in [-0.15, -0.1) is 0 Å². The van der Waals surface area contributed by atoms with Crippen LogP contribution in [0.3, 0.4) is 0 Å². The van der Waals surface area contributed by atoms with E-state index >= 15 is 0 Å². The zero-order chi connectivity index (χ0) is 20.0. The van der Waals surface area contributed by atoms with Crippen LogP contribution in [0.2, 0.25) is 0 Å². The Bertz CT molecular complexity index is 847. The van der Waals surface area contributed by atoms with Gasteiger partial charge in [-0.05, 0) is 41.0 Å². The number of aliphatic hydroxyl groups is 2. The van der Waals surface area contributed by atoms with Crippen LogP contribution < -0.4 is 14.0 Å². The topological polar surface area (TPSA) is 126 Å². The summed E-state index contributed by atoms with van der Waals surface area (Å²) < 4.78 is 26.0. The van der Waals surface area contributed by atoms with Gasteiger partial charge in [-0.25, -0.2) is 4.57 Å². The molecular weight excluding hydrogens is 375 g/mol. The number of phosphoric acid groups is 1. The van der Waals surface area contributed by atoms with Crippen molar-refractivity contribution in [2.45, 2.75) is 13.2 Å². The van der Waals surface area contributed by atoms with Crippen LogP contribution in [0.15, 0.2) is 30.3 Å². The van der Waals surface area contributed by atoms with Crippen LogP contribution in [-0.2, 0) is 17.8 Å². The Hall–Kier alpha value is -2.35. The molecule has 27 heavy (non-hydrogen) atoms. The summed E-state index contributed by atoms with van der Waals surface area (Å²) in [5.41, 5.74) is 2.37. The van der Waals surface area contributed by atoms with E-state index in [9.17, 15) is 14.8 Å². The Kier molecular flexibility index (Phi) is 7.01. The molecule has 0 aliphatic carbocycles. The summed E-state index contributed by atoms with van der Waals surface area (Å²) in [5, 5.41) is 18.9. The fourth-order valence-corrected chi connectivity index (χ4v) is 2.91. The van der Waals surface area contributed by atoms with Gasteiger partial charge in [-0.1, -0.05) is 18.2 Å². The zero-order valence-electron chi connectivity index (χ0n) is 14.8. The minimum absolute atomic E-state index is 0.0859. The van der Waals surface area contributed by atoms with Crippen LogP contribution in [0.1, 0.15) is 22.3 Å². The molecule has 2 rings (SSSR count). The van der Waals surface area contributed by atoms with Crippen molar-refractivity contribution in [3.63, 3.8) is 0 Å². The summed E-state index contributed by atoms with van der Waals surface area (Å²) in [6.45, 7) is -0.513. The highest BCUT2D eigenvalue weighted by molar-refractivity contribution is 7.46. The van der Waals surface area contributed by atoms with E-state index in [2.05, 4.69) is 4.52 Å². The molecular formula is C18H21O8P. The highest BCUT2D eigenvalue weighted by Gasteiger charge is 2.19. The molecule has 9 heteroatoms. The van der Waals surface area contributed by atoms with Crippen molar-refractivity contribution >= 4 is 20.0 Å². The quantitative estimate of drug-likeness (QED) is 0.396. The number of ether oxygens (including phenoxy) is 2. The van der Waals surface area contributed by atoms with Crippen LogP contribution in [0.4, 0.5) is 0 Å². The van der Waals surface area contributed by atoms with E-state index in [-0.39, 0.29) is 24.7 Å². The van der Waals surface area contributed by atoms with Crippen molar-refractivity contribution in [3.8, 4) is 17.2 Å². The van der Waals surface area contributed by atoms with E-state index in [0.717, 1.165) is 0 Å². The average molecular weight is 396 g/mol. The monoisotopic (exact) mass is 396 g/mol. The standard InChI is InChI=1S/C18H21O8P/c1-24-16-6-5-12(8-18(16)26-27(21,22)23)3-4-13-7-14(10-19)15(11-20)17(9-13)25-2/h3-9,19-20H,10-11H2,1-2H3,(H2,21,22,23). The number of benzene rings is 2. The van der Waals surface area contributed by atoms with Gasteiger partial charge in [-0.3, -0.25) is 9.79 Å². The van der Waals surface area contributed by atoms with Gasteiger partial charge in [0, 0.05) is 5.56 Å². The van der Waals surface area contributed by atoms with Gasteiger partial charge in [0.25, 0.3) is 0 Å². The van der Waals surface area contributed by atoms with Crippen LogP contribution in [0.25, 0.3) is 12.2 Å². The van der Waals surface area contributed by atoms with Gasteiger partial charge in [0.15, 0.2) is 11.5 Å². The van der Waals surface area contributed by atoms with Crippen LogP contribution in [0, 0.1) is 0 Å². The fourth-order valence-electron chi connectivity index (χ4n) is 2.51. The van der Waals surface area contributed by atoms with Crippen molar-refractivity contribution in [2.75, 3.05) is 14.2 Å². The fraction of sp³-hybridized carbons (Fsp3) is 0.222. The van der Waals surface area contributed by atoms with Crippen molar-refractivity contribution < 1.29 is 38.6 Å². The molecule has 0 aliphatic rings. The normalized spacial score (nSPS) is 11.6. The number of rotatable bonds is 8. The Morgan fingerprint density at radius 3 is 2.07 bits per heavy atom. The molecule has 0 saturated heterocycles. The van der Waals surface area contributed by atoms with Crippen molar-refractivity contribution in [1.82, 2.24) is 0 Å². The molecule has 0 atom stereocenters. The third-order valence-electron chi connectivity index (χ3n) is 3.75. The number of phosphoric ester groups is 1. The first-order valence-electron chi connectivity index (χ1n) is 7.84. The molecule has 0 spiro atoms. The van der Waals surface area contributed by atoms with Crippen LogP contribution in [0.5, 0.6) is 17.2 Å². The van der Waals surface area contributed by atoms with Crippen molar-refractivity contribution in [1.29, 1.82) is 0 Å². The van der Waals surface area contributed by atoms with Gasteiger partial charge in [-0.2, -0.15) is 0 Å². The predicted molar refractivity (Wildman–Crippen MR) is 99.4 cm³/mol. The molecule has 0 fully saturated rings. The van der Waals surface area contributed by atoms with Gasteiger partial charge < -0.3 is 24.2 Å². The summed E-state index contributed by atoms with van der Waals surface area (Å²) in [5.74, 6) is 0.549. The van der Waals surface area contributed by atoms with Crippen LogP contribution in [-0.4, -0.2) is 34.2 Å². The minimum Gasteiger partial charge on any atom is -0.496 e. The average Bonchev–Trinajstić information content (AvgIpc) is 2.64. The van der Waals surface area contributed by atoms with Gasteiger partial charge in [0.05, 0.1) is 27.4 Å². The molecule has 2 aromatic rings. The molecule has 0 bridgehead atoms. The summed E-state index contributed by atoms with van der Waals surface area (Å²) in [6, 6.07) is 8.06. The first kappa shape index (κ1) is 21.0. The maximum atomic E-state index is 11.1. The van der Waals surface area contributed by atoms with E-state index in [1.54, 1.807) is 30.4 Å². The van der Waals surface area contributed by atoms with Crippen LogP contribution >= 0.6 is 7.82 Å². The maximum absolute atomic E-state index is 11.1. The SMILES string of the molecule is COc1ccc(C=Cc2cc(CO)c(CO)c(OC)c2)cc1OP(=O)(O)O. The van der Waals surface area contributed by atoms with E-state index in [4.69, 9.17) is 19.3 Å². The Balaban J connectivity index is 2.37. The van der Waals surface area contributed by atoms with Gasteiger partial charge in [0.1, 0.15) is 5.75 Å². The molecule has 0 amide bonds. The predicted octanol–water partition coefficient (Wildman–Crippen LogP) is 2.33. The summed E-state index contributed by atoms with van der Waals surface area (Å²) in [6.07, 6.45) is 3.42. The second-order valence-corrected chi connectivity index (χ2v) is 6.67. The lowest BCUT2D eigenvalue weighted by atomic mass is 10.0. The minimum atomic E-state index is -4.73. The maximum Gasteiger partial charge on any atom is 0.524 e. The molecule has 2 aromatic carbocycles. The van der Waals surface area contributed by atoms with E-state index < -0.39 is 7.82 Å². The Labute approximate surface area is 156 Å². The Morgan fingerprint density at radius 2 is 1.52 bits per heavy atom. The molecule has 146 valence electrons. The zero-order valence-corrected chi connectivity index (χ0v) is 15.7. The van der Waals surface area contributed by atoms with E-state index in [1.807, 2.05) is 0 Å². The first-order valence-corrected chi connectivity index (χ1v) is 9.37. The largest absolute Gasteiger partial charge is 0.524 e. The van der Waals surface area contributed by atoms with E-state index in [0.29, 0.717) is 28.0 Å². The lowest BCUT2D eigenvalue weighted by Gasteiger charge is -2.12. The third kappa shape index (κ3) is 5.56. The molecule has 0 saturated carbocycles. The van der Waals surface area contributed by atoms with E-state index in [1.165, 1.54) is 26.4 Å². The van der Waals surface area contributed by atoms with Crippen molar-refractivity contribution in [2.24, 2.45) is 0 Å². The van der Waals surface area contributed by atoms with Gasteiger partial charge >= 0.3 is 7.82 Å². The number of hydrogen-bond donors (Lipinski definition) is 4. The summed E-state index contributed by atoms with van der Waals surface area (Å²) in [7, 11) is -1.89. The number of aliphatic hydroxyl groups excluding tert-OH is 2. The number of hydrogen-bond acceptors (Lipinski definition) is 6. The summed E-state index contributed by atoms with van der Waals surface area (Å²) >= 11 is 0. The van der Waals surface area contributed by atoms with Gasteiger partial charge in [0.2, 0.25) is 0 Å². The lowest BCUT2D eigenvalue weighted by molar-refractivity contribution is 0.254. The second kappa shape index (κ2) is 9.03. The number of methoxy groups -OCH3 is 2.